The second-order valence-electron chi connectivity index (χ2n) is 3.48. The van der Waals surface area contributed by atoms with E-state index in [4.69, 9.17) is 5.11 Å². The monoisotopic (exact) mass is 230 g/mol. The third-order valence-corrected chi connectivity index (χ3v) is 1.91. The first kappa shape index (κ1) is 14.4. The van der Waals surface area contributed by atoms with Gasteiger partial charge in [-0.15, -0.1) is 0 Å². The van der Waals surface area contributed by atoms with Gasteiger partial charge in [-0.3, -0.25) is 9.59 Å². The molecule has 0 bridgehead atoms. The highest BCUT2D eigenvalue weighted by molar-refractivity contribution is 5.83. The van der Waals surface area contributed by atoms with E-state index in [2.05, 4.69) is 10.6 Å². The van der Waals surface area contributed by atoms with E-state index in [1.165, 1.54) is 6.92 Å². The van der Waals surface area contributed by atoms with Crippen molar-refractivity contribution in [3.05, 3.63) is 0 Å². The number of carboxylic acids is 1. The highest BCUT2D eigenvalue weighted by Crippen LogP contribution is 1.98. The van der Waals surface area contributed by atoms with Gasteiger partial charge in [0.1, 0.15) is 6.04 Å². The highest BCUT2D eigenvalue weighted by atomic mass is 16.4. The smallest absolute Gasteiger partial charge is 0.326 e. The Morgan fingerprint density at radius 3 is 2.38 bits per heavy atom. The van der Waals surface area contributed by atoms with Crippen LogP contribution >= 0.6 is 0 Å². The second kappa shape index (κ2) is 7.67. The van der Waals surface area contributed by atoms with Gasteiger partial charge >= 0.3 is 5.97 Å². The molecule has 1 atom stereocenters. The summed E-state index contributed by atoms with van der Waals surface area (Å²) >= 11 is 0. The van der Waals surface area contributed by atoms with Crippen LogP contribution in [0.1, 0.15) is 33.1 Å². The van der Waals surface area contributed by atoms with Gasteiger partial charge in [0.25, 0.3) is 0 Å². The van der Waals surface area contributed by atoms with Gasteiger partial charge in [-0.25, -0.2) is 4.79 Å². The Balaban J connectivity index is 3.97. The van der Waals surface area contributed by atoms with E-state index >= 15 is 0 Å². The van der Waals surface area contributed by atoms with Crippen LogP contribution < -0.4 is 10.6 Å². The molecule has 0 saturated heterocycles. The van der Waals surface area contributed by atoms with E-state index in [9.17, 15) is 14.4 Å². The van der Waals surface area contributed by atoms with Gasteiger partial charge in [0.15, 0.2) is 0 Å². The number of carbonyl (C=O) groups excluding carboxylic acids is 2. The number of aliphatic carboxylic acids is 1. The standard InChI is InChI=1S/C10H18N2O4/c1-3-6-11-9(14)5-4-8(10(15)16)12-7(2)13/h8H,3-6H2,1-2H3,(H,11,14)(H,12,13)(H,15,16). The van der Waals surface area contributed by atoms with E-state index < -0.39 is 17.9 Å². The Morgan fingerprint density at radius 1 is 1.31 bits per heavy atom. The lowest BCUT2D eigenvalue weighted by Gasteiger charge is -2.12. The zero-order valence-electron chi connectivity index (χ0n) is 9.58. The van der Waals surface area contributed by atoms with Crippen molar-refractivity contribution in [3.8, 4) is 0 Å². The first-order valence-electron chi connectivity index (χ1n) is 5.24. The topological polar surface area (TPSA) is 95.5 Å². The van der Waals surface area contributed by atoms with Crippen molar-refractivity contribution in [1.82, 2.24) is 10.6 Å². The van der Waals surface area contributed by atoms with Crippen LogP contribution in [0.5, 0.6) is 0 Å². The first-order valence-corrected chi connectivity index (χ1v) is 5.24. The molecule has 0 aromatic heterocycles. The molecule has 16 heavy (non-hydrogen) atoms. The first-order chi connectivity index (χ1) is 7.47. The zero-order valence-corrected chi connectivity index (χ0v) is 9.58. The van der Waals surface area contributed by atoms with Crippen LogP contribution in [0.15, 0.2) is 0 Å². The molecule has 0 rings (SSSR count). The minimum Gasteiger partial charge on any atom is -0.480 e. The lowest BCUT2D eigenvalue weighted by molar-refractivity contribution is -0.141. The molecule has 92 valence electrons. The maximum Gasteiger partial charge on any atom is 0.326 e. The molecule has 0 saturated carbocycles. The predicted molar refractivity (Wildman–Crippen MR) is 57.8 cm³/mol. The summed E-state index contributed by atoms with van der Waals surface area (Å²) in [4.78, 5) is 32.6. The summed E-state index contributed by atoms with van der Waals surface area (Å²) in [5, 5.41) is 13.7. The van der Waals surface area contributed by atoms with Gasteiger partial charge in [0.2, 0.25) is 11.8 Å². The number of hydrogen-bond donors (Lipinski definition) is 3. The van der Waals surface area contributed by atoms with Crippen molar-refractivity contribution in [2.24, 2.45) is 0 Å². The van der Waals surface area contributed by atoms with E-state index in [-0.39, 0.29) is 18.7 Å². The van der Waals surface area contributed by atoms with Crippen molar-refractivity contribution in [2.45, 2.75) is 39.2 Å². The summed E-state index contributed by atoms with van der Waals surface area (Å²) in [6.07, 6.45) is 1.03. The fourth-order valence-corrected chi connectivity index (χ4v) is 1.13. The SMILES string of the molecule is CCCNC(=O)CCC(NC(C)=O)C(=O)O. The molecule has 0 aromatic carbocycles. The summed E-state index contributed by atoms with van der Waals surface area (Å²) in [6.45, 7) is 3.75. The largest absolute Gasteiger partial charge is 0.480 e. The number of carbonyl (C=O) groups is 3. The van der Waals surface area contributed by atoms with Crippen molar-refractivity contribution in [3.63, 3.8) is 0 Å². The van der Waals surface area contributed by atoms with E-state index in [0.29, 0.717) is 6.54 Å². The van der Waals surface area contributed by atoms with E-state index in [1.807, 2.05) is 6.92 Å². The molecule has 1 unspecified atom stereocenters. The van der Waals surface area contributed by atoms with Crippen LogP contribution in [-0.4, -0.2) is 35.5 Å². The molecule has 6 heteroatoms. The van der Waals surface area contributed by atoms with Crippen LogP contribution in [0.4, 0.5) is 0 Å². The van der Waals surface area contributed by atoms with Crippen LogP contribution in [0, 0.1) is 0 Å². The minimum atomic E-state index is -1.13. The van der Waals surface area contributed by atoms with Crippen molar-refractivity contribution < 1.29 is 19.5 Å². The lowest BCUT2D eigenvalue weighted by Crippen LogP contribution is -2.40. The molecular formula is C10H18N2O4. The van der Waals surface area contributed by atoms with Crippen molar-refractivity contribution in [2.75, 3.05) is 6.54 Å². The van der Waals surface area contributed by atoms with Gasteiger partial charge in [0.05, 0.1) is 0 Å². The molecule has 0 aliphatic rings. The Bertz CT molecular complexity index is 266. The number of hydrogen-bond acceptors (Lipinski definition) is 3. The maximum absolute atomic E-state index is 11.2. The van der Waals surface area contributed by atoms with Gasteiger partial charge in [-0.2, -0.15) is 0 Å². The number of nitrogens with one attached hydrogen (secondary N) is 2. The summed E-state index contributed by atoms with van der Waals surface area (Å²) < 4.78 is 0. The fraction of sp³-hybridized carbons (Fsp3) is 0.700. The summed E-state index contributed by atoms with van der Waals surface area (Å²) in [5.74, 6) is -1.74. The number of rotatable bonds is 7. The fourth-order valence-electron chi connectivity index (χ4n) is 1.13. The normalized spacial score (nSPS) is 11.6. The molecule has 6 nitrogen and oxygen atoms in total. The molecule has 0 radical (unpaired) electrons. The third-order valence-electron chi connectivity index (χ3n) is 1.91. The Morgan fingerprint density at radius 2 is 1.94 bits per heavy atom. The van der Waals surface area contributed by atoms with Gasteiger partial charge < -0.3 is 15.7 Å². The van der Waals surface area contributed by atoms with Crippen molar-refractivity contribution in [1.29, 1.82) is 0 Å². The molecule has 3 N–H and O–H groups in total. The van der Waals surface area contributed by atoms with Crippen molar-refractivity contribution >= 4 is 17.8 Å². The molecule has 0 spiro atoms. The Kier molecular flexibility index (Phi) is 6.91. The molecule has 0 aliphatic carbocycles. The van der Waals surface area contributed by atoms with E-state index in [0.717, 1.165) is 6.42 Å². The van der Waals surface area contributed by atoms with Crippen LogP contribution in [0.3, 0.4) is 0 Å². The van der Waals surface area contributed by atoms with Crippen LogP contribution in [-0.2, 0) is 14.4 Å². The maximum atomic E-state index is 11.2. The molecule has 0 aromatic rings. The Labute approximate surface area is 94.4 Å². The van der Waals surface area contributed by atoms with Crippen LogP contribution in [0.2, 0.25) is 0 Å². The summed E-state index contributed by atoms with van der Waals surface area (Å²) in [7, 11) is 0. The molecule has 2 amide bonds. The highest BCUT2D eigenvalue weighted by Gasteiger charge is 2.19. The van der Waals surface area contributed by atoms with Gasteiger partial charge in [-0.05, 0) is 12.8 Å². The summed E-state index contributed by atoms with van der Waals surface area (Å²) in [5.41, 5.74) is 0. The molecule has 0 heterocycles. The average molecular weight is 230 g/mol. The number of carboxylic acid groups (broad SMARTS) is 1. The van der Waals surface area contributed by atoms with E-state index in [1.54, 1.807) is 0 Å². The van der Waals surface area contributed by atoms with Crippen LogP contribution in [0.25, 0.3) is 0 Å². The zero-order chi connectivity index (χ0) is 12.6. The minimum absolute atomic E-state index is 0.0945. The average Bonchev–Trinajstić information content (AvgIpc) is 2.20. The van der Waals surface area contributed by atoms with Gasteiger partial charge in [0, 0.05) is 19.9 Å². The lowest BCUT2D eigenvalue weighted by atomic mass is 10.1. The summed E-state index contributed by atoms with van der Waals surface area (Å²) in [6, 6.07) is -0.995. The number of amides is 2. The molecular weight excluding hydrogens is 212 g/mol. The quantitative estimate of drug-likeness (QED) is 0.568. The third kappa shape index (κ3) is 6.80. The Hall–Kier alpha value is -1.59. The predicted octanol–water partition coefficient (Wildman–Crippen LogP) is -0.118. The van der Waals surface area contributed by atoms with Gasteiger partial charge in [-0.1, -0.05) is 6.92 Å². The second-order valence-corrected chi connectivity index (χ2v) is 3.48. The molecule has 0 aliphatic heterocycles. The molecule has 0 fully saturated rings.